The highest BCUT2D eigenvalue weighted by Crippen LogP contribution is 2.40. The van der Waals surface area contributed by atoms with Gasteiger partial charge >= 0.3 is 0 Å². The zero-order chi connectivity index (χ0) is 18.1. The van der Waals surface area contributed by atoms with Crippen LogP contribution in [0.2, 0.25) is 0 Å². The number of likely N-dealkylation sites (tertiary alicyclic amines) is 1. The van der Waals surface area contributed by atoms with E-state index in [9.17, 15) is 13.9 Å². The van der Waals surface area contributed by atoms with E-state index in [-0.39, 0.29) is 17.6 Å². The van der Waals surface area contributed by atoms with Gasteiger partial charge < -0.3 is 14.7 Å². The van der Waals surface area contributed by atoms with Crippen LogP contribution in [0.4, 0.5) is 8.78 Å². The number of hydrogen-bond donors (Lipinski definition) is 1. The van der Waals surface area contributed by atoms with Crippen LogP contribution in [0, 0.1) is 23.5 Å². The molecule has 2 heterocycles. The maximum Gasteiger partial charge on any atom is 0.200 e. The molecule has 4 nitrogen and oxygen atoms in total. The molecule has 3 atom stereocenters. The number of benzene rings is 1. The van der Waals surface area contributed by atoms with Gasteiger partial charge in [-0.25, -0.2) is 4.39 Å². The Morgan fingerprint density at radius 2 is 1.88 bits per heavy atom. The van der Waals surface area contributed by atoms with E-state index in [1.54, 1.807) is 6.07 Å². The van der Waals surface area contributed by atoms with Gasteiger partial charge in [0.2, 0.25) is 5.82 Å². The molecule has 6 heteroatoms. The van der Waals surface area contributed by atoms with Crippen LogP contribution in [-0.4, -0.2) is 40.7 Å². The van der Waals surface area contributed by atoms with Gasteiger partial charge in [0.1, 0.15) is 5.75 Å². The Morgan fingerprint density at radius 1 is 1.12 bits per heavy atom. The number of rotatable bonds is 5. The Labute approximate surface area is 151 Å². The smallest absolute Gasteiger partial charge is 0.200 e. The maximum atomic E-state index is 13.8. The van der Waals surface area contributed by atoms with Crippen molar-refractivity contribution in [1.29, 1.82) is 0 Å². The minimum atomic E-state index is -0.896. The highest BCUT2D eigenvalue weighted by molar-refractivity contribution is 5.25. The summed E-state index contributed by atoms with van der Waals surface area (Å²) in [6, 6.07) is 7.58. The molecule has 1 unspecified atom stereocenters. The first kappa shape index (κ1) is 17.2. The Balaban J connectivity index is 1.27. The van der Waals surface area contributed by atoms with Crippen LogP contribution in [-0.2, 0) is 6.42 Å². The molecule has 26 heavy (non-hydrogen) atoms. The summed E-state index contributed by atoms with van der Waals surface area (Å²) < 4.78 is 32.8. The van der Waals surface area contributed by atoms with E-state index in [1.807, 2.05) is 6.07 Å². The highest BCUT2D eigenvalue weighted by Gasteiger charge is 2.41. The number of aromatic hydroxyl groups is 1. The average molecular weight is 360 g/mol. The van der Waals surface area contributed by atoms with E-state index in [2.05, 4.69) is 9.88 Å². The summed E-state index contributed by atoms with van der Waals surface area (Å²) in [4.78, 5) is 6.66. The standard InChI is InChI=1S/C20H22F2N2O2/c21-18-2-1-3-19(20(18)22)26-17-8-13-11-24(12-14(13)9-17)7-6-15-4-5-16(25)10-23-15/h1-5,10,13-14,17,25H,6-9,11-12H2/t13-,14+,17?. The summed E-state index contributed by atoms with van der Waals surface area (Å²) in [6.45, 7) is 2.96. The van der Waals surface area contributed by atoms with Crippen molar-refractivity contribution >= 4 is 0 Å². The Morgan fingerprint density at radius 3 is 2.58 bits per heavy atom. The molecule has 0 radical (unpaired) electrons. The van der Waals surface area contributed by atoms with E-state index in [4.69, 9.17) is 4.74 Å². The fourth-order valence-corrected chi connectivity index (χ4v) is 4.21. The summed E-state index contributed by atoms with van der Waals surface area (Å²) in [6.07, 6.45) is 4.06. The van der Waals surface area contributed by atoms with E-state index in [1.165, 1.54) is 18.3 Å². The first-order valence-electron chi connectivity index (χ1n) is 9.05. The van der Waals surface area contributed by atoms with Crippen LogP contribution < -0.4 is 4.74 Å². The largest absolute Gasteiger partial charge is 0.506 e. The molecular formula is C20H22F2N2O2. The van der Waals surface area contributed by atoms with Crippen molar-refractivity contribution in [2.75, 3.05) is 19.6 Å². The fraction of sp³-hybridized carbons (Fsp3) is 0.450. The number of pyridine rings is 1. The second kappa shape index (κ2) is 7.19. The molecule has 1 saturated heterocycles. The summed E-state index contributed by atoms with van der Waals surface area (Å²) in [7, 11) is 0. The van der Waals surface area contributed by atoms with Gasteiger partial charge in [0, 0.05) is 31.7 Å². The Kier molecular flexibility index (Phi) is 4.76. The third-order valence-electron chi connectivity index (χ3n) is 5.49. The van der Waals surface area contributed by atoms with Crippen molar-refractivity contribution in [2.45, 2.75) is 25.4 Å². The molecule has 4 rings (SSSR count). The zero-order valence-electron chi connectivity index (χ0n) is 14.4. The summed E-state index contributed by atoms with van der Waals surface area (Å²) in [5.74, 6) is -0.466. The maximum absolute atomic E-state index is 13.8. The second-order valence-corrected chi connectivity index (χ2v) is 7.30. The lowest BCUT2D eigenvalue weighted by atomic mass is 10.0. The molecule has 2 fully saturated rings. The summed E-state index contributed by atoms with van der Waals surface area (Å²) in [5, 5.41) is 9.28. The van der Waals surface area contributed by atoms with Gasteiger partial charge in [0.25, 0.3) is 0 Å². The predicted molar refractivity (Wildman–Crippen MR) is 93.0 cm³/mol. The van der Waals surface area contributed by atoms with Gasteiger partial charge in [0.05, 0.1) is 12.3 Å². The lowest BCUT2D eigenvalue weighted by Gasteiger charge is -2.20. The Hall–Kier alpha value is -2.21. The fourth-order valence-electron chi connectivity index (χ4n) is 4.21. The van der Waals surface area contributed by atoms with Crippen LogP contribution in [0.5, 0.6) is 11.5 Å². The van der Waals surface area contributed by atoms with Crippen molar-refractivity contribution in [3.63, 3.8) is 0 Å². The van der Waals surface area contributed by atoms with Crippen molar-refractivity contribution < 1.29 is 18.6 Å². The van der Waals surface area contributed by atoms with Gasteiger partial charge in [-0.2, -0.15) is 4.39 Å². The molecule has 0 spiro atoms. The van der Waals surface area contributed by atoms with E-state index >= 15 is 0 Å². The average Bonchev–Trinajstić information content (AvgIpc) is 3.16. The minimum Gasteiger partial charge on any atom is -0.506 e. The van der Waals surface area contributed by atoms with Gasteiger partial charge in [-0.05, 0) is 48.9 Å². The zero-order valence-corrected chi connectivity index (χ0v) is 14.4. The van der Waals surface area contributed by atoms with Crippen molar-refractivity contribution in [2.24, 2.45) is 11.8 Å². The van der Waals surface area contributed by atoms with Gasteiger partial charge in [-0.3, -0.25) is 4.98 Å². The van der Waals surface area contributed by atoms with Gasteiger partial charge in [-0.1, -0.05) is 6.07 Å². The number of aromatic nitrogens is 1. The van der Waals surface area contributed by atoms with Crippen molar-refractivity contribution in [3.8, 4) is 11.5 Å². The van der Waals surface area contributed by atoms with Gasteiger partial charge in [0.15, 0.2) is 11.6 Å². The van der Waals surface area contributed by atoms with Gasteiger partial charge in [-0.15, -0.1) is 0 Å². The molecule has 2 aliphatic rings. The van der Waals surface area contributed by atoms with E-state index in [0.29, 0.717) is 11.8 Å². The lowest BCUT2D eigenvalue weighted by molar-refractivity contribution is 0.177. The third kappa shape index (κ3) is 3.65. The quantitative estimate of drug-likeness (QED) is 0.888. The third-order valence-corrected chi connectivity index (χ3v) is 5.49. The molecule has 1 aliphatic carbocycles. The van der Waals surface area contributed by atoms with Crippen LogP contribution in [0.3, 0.4) is 0 Å². The normalized spacial score (nSPS) is 25.4. The van der Waals surface area contributed by atoms with Crippen LogP contribution in [0.25, 0.3) is 0 Å². The SMILES string of the molecule is Oc1ccc(CCN2C[C@H]3CC(Oc4cccc(F)c4F)C[C@H]3C2)nc1. The minimum absolute atomic E-state index is 0.0187. The molecule has 0 bridgehead atoms. The predicted octanol–water partition coefficient (Wildman–Crippen LogP) is 3.40. The highest BCUT2D eigenvalue weighted by atomic mass is 19.2. The van der Waals surface area contributed by atoms with Crippen LogP contribution in [0.1, 0.15) is 18.5 Å². The van der Waals surface area contributed by atoms with Crippen LogP contribution >= 0.6 is 0 Å². The number of ether oxygens (including phenoxy) is 1. The molecule has 2 aromatic rings. The molecule has 1 N–H and O–H groups in total. The number of halogens is 2. The first-order chi connectivity index (χ1) is 12.6. The molecule has 138 valence electrons. The molecule has 1 saturated carbocycles. The molecule has 0 amide bonds. The van der Waals surface area contributed by atoms with Crippen LogP contribution in [0.15, 0.2) is 36.5 Å². The van der Waals surface area contributed by atoms with E-state index in [0.717, 1.165) is 50.7 Å². The lowest BCUT2D eigenvalue weighted by Crippen LogP contribution is -2.26. The van der Waals surface area contributed by atoms with Crippen molar-refractivity contribution in [1.82, 2.24) is 9.88 Å². The topological polar surface area (TPSA) is 45.6 Å². The Bertz CT molecular complexity index is 755. The molecule has 1 aromatic carbocycles. The van der Waals surface area contributed by atoms with E-state index < -0.39 is 11.6 Å². The number of fused-ring (bicyclic) bond motifs is 1. The number of hydrogen-bond acceptors (Lipinski definition) is 4. The second-order valence-electron chi connectivity index (χ2n) is 7.30. The first-order valence-corrected chi connectivity index (χ1v) is 9.05. The number of nitrogens with zero attached hydrogens (tertiary/aromatic N) is 2. The molecule has 1 aliphatic heterocycles. The molecule has 1 aromatic heterocycles. The summed E-state index contributed by atoms with van der Waals surface area (Å²) >= 11 is 0. The summed E-state index contributed by atoms with van der Waals surface area (Å²) in [5.41, 5.74) is 0.975. The monoisotopic (exact) mass is 360 g/mol. The van der Waals surface area contributed by atoms with Crippen molar-refractivity contribution in [3.05, 3.63) is 53.9 Å². The molecular weight excluding hydrogens is 338 g/mol.